The van der Waals surface area contributed by atoms with Crippen molar-refractivity contribution in [3.8, 4) is 0 Å². The van der Waals surface area contributed by atoms with Gasteiger partial charge in [0.2, 0.25) is 0 Å². The first-order valence-electron chi connectivity index (χ1n) is 13.6. The zero-order chi connectivity index (χ0) is 20.4. The van der Waals surface area contributed by atoms with Crippen LogP contribution in [0.2, 0.25) is 0 Å². The van der Waals surface area contributed by atoms with Crippen LogP contribution < -0.4 is 0 Å². The molecule has 0 aromatic rings. The lowest BCUT2D eigenvalue weighted by Gasteiger charge is -2.03. The summed E-state index contributed by atoms with van der Waals surface area (Å²) in [4.78, 5) is 0. The molecule has 0 spiro atoms. The van der Waals surface area contributed by atoms with Crippen molar-refractivity contribution in [2.24, 2.45) is 0 Å². The van der Waals surface area contributed by atoms with Gasteiger partial charge in [0.25, 0.3) is 0 Å². The van der Waals surface area contributed by atoms with E-state index in [2.05, 4.69) is 26.0 Å². The van der Waals surface area contributed by atoms with Crippen molar-refractivity contribution in [2.75, 3.05) is 0 Å². The largest absolute Gasteiger partial charge is 0.0885 e. The molecule has 28 heavy (non-hydrogen) atoms. The van der Waals surface area contributed by atoms with Crippen molar-refractivity contribution in [3.63, 3.8) is 0 Å². The zero-order valence-electron chi connectivity index (χ0n) is 20.1. The highest BCUT2D eigenvalue weighted by Gasteiger charge is 1.94. The van der Waals surface area contributed by atoms with Crippen molar-refractivity contribution in [3.05, 3.63) is 12.2 Å². The molecule has 0 aromatic carbocycles. The second-order valence-electron chi connectivity index (χ2n) is 9.12. The summed E-state index contributed by atoms with van der Waals surface area (Å²) in [6, 6.07) is 0. The summed E-state index contributed by atoms with van der Waals surface area (Å²) in [6.07, 6.45) is 39.4. The summed E-state index contributed by atoms with van der Waals surface area (Å²) in [5.74, 6) is 0. The Balaban J connectivity index is 3.03. The molecule has 0 aromatic heterocycles. The second kappa shape index (κ2) is 26.7. The third-order valence-electron chi connectivity index (χ3n) is 6.12. The quantitative estimate of drug-likeness (QED) is 0.113. The predicted octanol–water partition coefficient (Wildman–Crippen LogP) is 10.9. The maximum atomic E-state index is 2.44. The zero-order valence-corrected chi connectivity index (χ0v) is 20.1. The molecule has 0 heteroatoms. The van der Waals surface area contributed by atoms with E-state index in [4.69, 9.17) is 0 Å². The Morgan fingerprint density at radius 2 is 0.500 bits per heavy atom. The first-order valence-corrected chi connectivity index (χ1v) is 13.6. The molecule has 0 aliphatic heterocycles. The maximum absolute atomic E-state index is 2.44. The minimum atomic E-state index is 1.31. The van der Waals surface area contributed by atoms with Gasteiger partial charge in [-0.1, -0.05) is 154 Å². The SMILES string of the molecule is CCCCCCCC/C=C/CCCCCCCCCCCCCCCCCC. The van der Waals surface area contributed by atoms with Crippen LogP contribution in [0.3, 0.4) is 0 Å². The van der Waals surface area contributed by atoms with Crippen molar-refractivity contribution in [2.45, 2.75) is 168 Å². The smallest absolute Gasteiger partial charge is 0.0351 e. The van der Waals surface area contributed by atoms with E-state index in [-0.39, 0.29) is 0 Å². The van der Waals surface area contributed by atoms with Crippen LogP contribution in [0.15, 0.2) is 12.2 Å². The first-order chi connectivity index (χ1) is 13.9. The van der Waals surface area contributed by atoms with Gasteiger partial charge in [-0.15, -0.1) is 0 Å². The number of rotatable bonds is 24. The summed E-state index contributed by atoms with van der Waals surface area (Å²) in [5, 5.41) is 0. The van der Waals surface area contributed by atoms with Crippen LogP contribution in [0.4, 0.5) is 0 Å². The van der Waals surface area contributed by atoms with Gasteiger partial charge < -0.3 is 0 Å². The predicted molar refractivity (Wildman–Crippen MR) is 131 cm³/mol. The van der Waals surface area contributed by atoms with E-state index in [9.17, 15) is 0 Å². The molecular weight excluding hydrogens is 336 g/mol. The van der Waals surface area contributed by atoms with Gasteiger partial charge in [0, 0.05) is 0 Å². The summed E-state index contributed by atoms with van der Waals surface area (Å²) >= 11 is 0. The number of hydrogen-bond acceptors (Lipinski definition) is 0. The lowest BCUT2D eigenvalue weighted by Crippen LogP contribution is -1.83. The highest BCUT2D eigenvalue weighted by atomic mass is 14.0. The lowest BCUT2D eigenvalue weighted by molar-refractivity contribution is 0.530. The van der Waals surface area contributed by atoms with E-state index >= 15 is 0 Å². The Morgan fingerprint density at radius 1 is 0.286 bits per heavy atom. The van der Waals surface area contributed by atoms with Crippen LogP contribution in [-0.2, 0) is 0 Å². The van der Waals surface area contributed by atoms with Gasteiger partial charge in [-0.3, -0.25) is 0 Å². The molecule has 0 saturated heterocycles. The topological polar surface area (TPSA) is 0 Å². The molecular formula is C28H56. The standard InChI is InChI=1S/C28H56/c1-3-5-7-9-11-13-15-17-19-21-23-25-27-28-26-24-22-20-18-16-14-12-10-8-6-4-2/h17,19H,3-16,18,20-28H2,1-2H3/b19-17+. The minimum Gasteiger partial charge on any atom is -0.0885 e. The molecule has 0 bridgehead atoms. The Morgan fingerprint density at radius 3 is 0.750 bits per heavy atom. The summed E-state index contributed by atoms with van der Waals surface area (Å²) in [6.45, 7) is 4.59. The van der Waals surface area contributed by atoms with Crippen LogP contribution in [0, 0.1) is 0 Å². The monoisotopic (exact) mass is 392 g/mol. The minimum absolute atomic E-state index is 1.31. The molecule has 0 heterocycles. The maximum Gasteiger partial charge on any atom is -0.0351 e. The molecule has 168 valence electrons. The van der Waals surface area contributed by atoms with Gasteiger partial charge in [0.1, 0.15) is 0 Å². The first kappa shape index (κ1) is 27.7. The van der Waals surface area contributed by atoms with Crippen LogP contribution >= 0.6 is 0 Å². The molecule has 0 unspecified atom stereocenters. The van der Waals surface area contributed by atoms with Crippen LogP contribution in [-0.4, -0.2) is 0 Å². The van der Waals surface area contributed by atoms with Crippen LogP contribution in [0.1, 0.15) is 168 Å². The lowest BCUT2D eigenvalue weighted by atomic mass is 10.0. The van der Waals surface area contributed by atoms with E-state index in [0.29, 0.717) is 0 Å². The van der Waals surface area contributed by atoms with Crippen molar-refractivity contribution in [1.29, 1.82) is 0 Å². The number of hydrogen-bond donors (Lipinski definition) is 0. The molecule has 0 radical (unpaired) electrons. The Bertz CT molecular complexity index is 278. The van der Waals surface area contributed by atoms with Crippen molar-refractivity contribution < 1.29 is 0 Å². The van der Waals surface area contributed by atoms with Gasteiger partial charge in [0.15, 0.2) is 0 Å². The fourth-order valence-corrected chi connectivity index (χ4v) is 4.09. The van der Waals surface area contributed by atoms with E-state index in [1.54, 1.807) is 0 Å². The van der Waals surface area contributed by atoms with Gasteiger partial charge in [-0.25, -0.2) is 0 Å². The second-order valence-corrected chi connectivity index (χ2v) is 9.12. The summed E-state index contributed by atoms with van der Waals surface area (Å²) < 4.78 is 0. The highest BCUT2D eigenvalue weighted by Crippen LogP contribution is 2.14. The molecule has 0 fully saturated rings. The van der Waals surface area contributed by atoms with Crippen molar-refractivity contribution in [1.82, 2.24) is 0 Å². The Labute approximate surface area is 180 Å². The van der Waals surface area contributed by atoms with E-state index in [1.165, 1.54) is 154 Å². The normalized spacial score (nSPS) is 11.6. The van der Waals surface area contributed by atoms with Gasteiger partial charge in [-0.05, 0) is 25.7 Å². The summed E-state index contributed by atoms with van der Waals surface area (Å²) in [7, 11) is 0. The van der Waals surface area contributed by atoms with Crippen molar-refractivity contribution >= 4 is 0 Å². The van der Waals surface area contributed by atoms with Gasteiger partial charge >= 0.3 is 0 Å². The third kappa shape index (κ3) is 25.7. The van der Waals surface area contributed by atoms with Gasteiger partial charge in [-0.2, -0.15) is 0 Å². The number of allylic oxidation sites excluding steroid dienone is 2. The average molecular weight is 393 g/mol. The molecule has 0 atom stereocenters. The van der Waals surface area contributed by atoms with E-state index in [0.717, 1.165) is 0 Å². The molecule has 0 rings (SSSR count). The Hall–Kier alpha value is -0.260. The number of unbranched alkanes of at least 4 members (excludes halogenated alkanes) is 22. The van der Waals surface area contributed by atoms with Crippen LogP contribution in [0.25, 0.3) is 0 Å². The van der Waals surface area contributed by atoms with Crippen LogP contribution in [0.5, 0.6) is 0 Å². The highest BCUT2D eigenvalue weighted by molar-refractivity contribution is 4.81. The fourth-order valence-electron chi connectivity index (χ4n) is 4.09. The Kier molecular flexibility index (Phi) is 26.5. The molecule has 0 N–H and O–H groups in total. The average Bonchev–Trinajstić information content (AvgIpc) is 2.71. The summed E-state index contributed by atoms with van der Waals surface area (Å²) in [5.41, 5.74) is 0. The van der Waals surface area contributed by atoms with Gasteiger partial charge in [0.05, 0.1) is 0 Å². The fraction of sp³-hybridized carbons (Fsp3) is 0.929. The molecule has 0 nitrogen and oxygen atoms in total. The molecule has 0 amide bonds. The molecule has 0 saturated carbocycles. The molecule has 0 aliphatic carbocycles. The van der Waals surface area contributed by atoms with E-state index < -0.39 is 0 Å². The van der Waals surface area contributed by atoms with E-state index in [1.807, 2.05) is 0 Å². The molecule has 0 aliphatic rings. The third-order valence-corrected chi connectivity index (χ3v) is 6.12.